The standard InChI is InChI=1S/C19H33N3/c1-6-7-13-21-14-9-11-18(21)17-10-8-12-20-19(17)22(15(2)3)16(4)5/h8,10,12,15-16,18H,6-7,9,11,13-14H2,1-5H3/t18-/m0/s1. The molecule has 1 saturated heterocycles. The number of pyridine rings is 1. The molecule has 124 valence electrons. The smallest absolute Gasteiger partial charge is 0.133 e. The van der Waals surface area contributed by atoms with Crippen LogP contribution in [0.25, 0.3) is 0 Å². The van der Waals surface area contributed by atoms with Gasteiger partial charge in [-0.1, -0.05) is 19.4 Å². The summed E-state index contributed by atoms with van der Waals surface area (Å²) < 4.78 is 0. The maximum Gasteiger partial charge on any atom is 0.133 e. The van der Waals surface area contributed by atoms with Crippen molar-refractivity contribution in [1.82, 2.24) is 9.88 Å². The van der Waals surface area contributed by atoms with E-state index in [9.17, 15) is 0 Å². The fraction of sp³-hybridized carbons (Fsp3) is 0.737. The van der Waals surface area contributed by atoms with Crippen LogP contribution in [0.15, 0.2) is 18.3 Å². The van der Waals surface area contributed by atoms with Gasteiger partial charge in [0.2, 0.25) is 0 Å². The Balaban J connectivity index is 2.31. The van der Waals surface area contributed by atoms with E-state index >= 15 is 0 Å². The Labute approximate surface area is 136 Å². The summed E-state index contributed by atoms with van der Waals surface area (Å²) in [5, 5.41) is 0. The highest BCUT2D eigenvalue weighted by molar-refractivity contribution is 5.50. The third-order valence-corrected chi connectivity index (χ3v) is 4.70. The van der Waals surface area contributed by atoms with Crippen molar-refractivity contribution >= 4 is 5.82 Å². The lowest BCUT2D eigenvalue weighted by Gasteiger charge is -2.35. The first kappa shape index (κ1) is 17.3. The fourth-order valence-electron chi connectivity index (χ4n) is 3.78. The average Bonchev–Trinajstić information content (AvgIpc) is 2.93. The molecule has 1 aromatic rings. The van der Waals surface area contributed by atoms with Crippen LogP contribution >= 0.6 is 0 Å². The zero-order chi connectivity index (χ0) is 16.1. The number of hydrogen-bond acceptors (Lipinski definition) is 3. The summed E-state index contributed by atoms with van der Waals surface area (Å²) in [6.07, 6.45) is 7.10. The van der Waals surface area contributed by atoms with Crippen molar-refractivity contribution in [2.24, 2.45) is 0 Å². The van der Waals surface area contributed by atoms with E-state index in [1.807, 2.05) is 6.20 Å². The minimum Gasteiger partial charge on any atom is -0.351 e. The molecule has 0 radical (unpaired) electrons. The van der Waals surface area contributed by atoms with Gasteiger partial charge in [-0.3, -0.25) is 4.90 Å². The molecule has 3 heteroatoms. The highest BCUT2D eigenvalue weighted by Gasteiger charge is 2.30. The number of aromatic nitrogens is 1. The summed E-state index contributed by atoms with van der Waals surface area (Å²) in [4.78, 5) is 9.91. The van der Waals surface area contributed by atoms with E-state index in [2.05, 4.69) is 56.6 Å². The molecule has 1 fully saturated rings. The van der Waals surface area contributed by atoms with Gasteiger partial charge in [-0.15, -0.1) is 0 Å². The fourth-order valence-corrected chi connectivity index (χ4v) is 3.78. The highest BCUT2D eigenvalue weighted by Crippen LogP contribution is 2.37. The first-order chi connectivity index (χ1) is 10.6. The van der Waals surface area contributed by atoms with E-state index in [0.717, 1.165) is 0 Å². The van der Waals surface area contributed by atoms with Gasteiger partial charge in [0, 0.05) is 29.9 Å². The lowest BCUT2D eigenvalue weighted by atomic mass is 10.0. The van der Waals surface area contributed by atoms with Gasteiger partial charge in [0.05, 0.1) is 0 Å². The monoisotopic (exact) mass is 303 g/mol. The molecule has 0 bridgehead atoms. The lowest BCUT2D eigenvalue weighted by molar-refractivity contribution is 0.253. The van der Waals surface area contributed by atoms with Crippen LogP contribution in [0.2, 0.25) is 0 Å². The number of rotatable bonds is 7. The molecule has 1 aliphatic rings. The summed E-state index contributed by atoms with van der Waals surface area (Å²) in [5.41, 5.74) is 1.43. The highest BCUT2D eigenvalue weighted by atomic mass is 15.2. The number of likely N-dealkylation sites (tertiary alicyclic amines) is 1. The van der Waals surface area contributed by atoms with Gasteiger partial charge < -0.3 is 4.90 Å². The molecular weight excluding hydrogens is 270 g/mol. The molecule has 0 saturated carbocycles. The Morgan fingerprint density at radius 3 is 2.64 bits per heavy atom. The molecule has 3 nitrogen and oxygen atoms in total. The van der Waals surface area contributed by atoms with E-state index in [0.29, 0.717) is 18.1 Å². The van der Waals surface area contributed by atoms with Crippen LogP contribution in [0.1, 0.15) is 71.9 Å². The molecule has 0 spiro atoms. The predicted octanol–water partition coefficient (Wildman–Crippen LogP) is 4.64. The summed E-state index contributed by atoms with van der Waals surface area (Å²) >= 11 is 0. The Bertz CT molecular complexity index is 448. The van der Waals surface area contributed by atoms with E-state index in [4.69, 9.17) is 4.98 Å². The molecule has 2 heterocycles. The van der Waals surface area contributed by atoms with Gasteiger partial charge in [0.1, 0.15) is 5.82 Å². The molecule has 1 aliphatic heterocycles. The second-order valence-electron chi connectivity index (χ2n) is 7.06. The van der Waals surface area contributed by atoms with Crippen LogP contribution in [-0.2, 0) is 0 Å². The molecule has 0 aromatic carbocycles. The van der Waals surface area contributed by atoms with Crippen LogP contribution < -0.4 is 4.90 Å². The Morgan fingerprint density at radius 1 is 1.27 bits per heavy atom. The largest absolute Gasteiger partial charge is 0.351 e. The van der Waals surface area contributed by atoms with Crippen LogP contribution in [0.5, 0.6) is 0 Å². The summed E-state index contributed by atoms with van der Waals surface area (Å²) in [6.45, 7) is 13.8. The van der Waals surface area contributed by atoms with Crippen molar-refractivity contribution in [3.05, 3.63) is 23.9 Å². The second kappa shape index (κ2) is 7.96. The first-order valence-corrected chi connectivity index (χ1v) is 9.03. The SMILES string of the molecule is CCCCN1CCC[C@H]1c1cccnc1N(C(C)C)C(C)C. The van der Waals surface area contributed by atoms with E-state index < -0.39 is 0 Å². The zero-order valence-corrected chi connectivity index (χ0v) is 15.0. The topological polar surface area (TPSA) is 19.4 Å². The molecule has 0 N–H and O–H groups in total. The molecule has 22 heavy (non-hydrogen) atoms. The van der Waals surface area contributed by atoms with Crippen molar-refractivity contribution in [2.45, 2.75) is 78.4 Å². The third-order valence-electron chi connectivity index (χ3n) is 4.70. The number of hydrogen-bond donors (Lipinski definition) is 0. The molecule has 0 amide bonds. The van der Waals surface area contributed by atoms with Crippen LogP contribution in [0.3, 0.4) is 0 Å². The molecule has 1 aromatic heterocycles. The Morgan fingerprint density at radius 2 is 2.00 bits per heavy atom. The van der Waals surface area contributed by atoms with Gasteiger partial charge in [-0.2, -0.15) is 0 Å². The van der Waals surface area contributed by atoms with Crippen molar-refractivity contribution in [3.8, 4) is 0 Å². The Kier molecular flexibility index (Phi) is 6.25. The quantitative estimate of drug-likeness (QED) is 0.731. The van der Waals surface area contributed by atoms with Gasteiger partial charge in [0.25, 0.3) is 0 Å². The normalized spacial score (nSPS) is 19.3. The average molecular weight is 303 g/mol. The zero-order valence-electron chi connectivity index (χ0n) is 15.0. The Hall–Kier alpha value is -1.09. The van der Waals surface area contributed by atoms with Crippen molar-refractivity contribution in [3.63, 3.8) is 0 Å². The third kappa shape index (κ3) is 3.81. The maximum atomic E-state index is 4.78. The minimum atomic E-state index is 0.471. The second-order valence-corrected chi connectivity index (χ2v) is 7.06. The molecule has 0 unspecified atom stereocenters. The van der Waals surface area contributed by atoms with E-state index in [1.54, 1.807) is 0 Å². The lowest BCUT2D eigenvalue weighted by Crippen LogP contribution is -2.39. The van der Waals surface area contributed by atoms with Gasteiger partial charge in [0.15, 0.2) is 0 Å². The van der Waals surface area contributed by atoms with E-state index in [1.165, 1.54) is 50.2 Å². The number of unbranched alkanes of at least 4 members (excludes halogenated alkanes) is 1. The maximum absolute atomic E-state index is 4.78. The molecule has 0 aliphatic carbocycles. The van der Waals surface area contributed by atoms with Crippen LogP contribution in [0, 0.1) is 0 Å². The number of nitrogens with zero attached hydrogens (tertiary/aromatic N) is 3. The van der Waals surface area contributed by atoms with Gasteiger partial charge in [-0.05, 0) is 66.1 Å². The molecule has 2 rings (SSSR count). The number of anilines is 1. The van der Waals surface area contributed by atoms with Gasteiger partial charge in [-0.25, -0.2) is 4.98 Å². The van der Waals surface area contributed by atoms with Crippen molar-refractivity contribution in [2.75, 3.05) is 18.0 Å². The van der Waals surface area contributed by atoms with Crippen molar-refractivity contribution < 1.29 is 0 Å². The minimum absolute atomic E-state index is 0.471. The molecule has 1 atom stereocenters. The van der Waals surface area contributed by atoms with Crippen molar-refractivity contribution in [1.29, 1.82) is 0 Å². The predicted molar refractivity (Wildman–Crippen MR) is 95.4 cm³/mol. The molecular formula is C19H33N3. The first-order valence-electron chi connectivity index (χ1n) is 9.03. The summed E-state index contributed by atoms with van der Waals surface area (Å²) in [7, 11) is 0. The van der Waals surface area contributed by atoms with Crippen LogP contribution in [-0.4, -0.2) is 35.1 Å². The summed E-state index contributed by atoms with van der Waals surface area (Å²) in [6, 6.07) is 5.90. The van der Waals surface area contributed by atoms with Gasteiger partial charge >= 0.3 is 0 Å². The van der Waals surface area contributed by atoms with E-state index in [-0.39, 0.29) is 0 Å². The van der Waals surface area contributed by atoms with Crippen LogP contribution in [0.4, 0.5) is 5.82 Å². The summed E-state index contributed by atoms with van der Waals surface area (Å²) in [5.74, 6) is 1.20.